The minimum atomic E-state index is 0.557. The highest BCUT2D eigenvalue weighted by molar-refractivity contribution is 6.12. The molecule has 44 heavy (non-hydrogen) atoms. The van der Waals surface area contributed by atoms with E-state index in [9.17, 15) is 15.8 Å². The molecule has 0 radical (unpaired) electrons. The maximum atomic E-state index is 10.5. The van der Waals surface area contributed by atoms with E-state index in [1.54, 1.807) is 0 Å². The van der Waals surface area contributed by atoms with Crippen LogP contribution in [0.5, 0.6) is 0 Å². The molecule has 8 rings (SSSR count). The minimum absolute atomic E-state index is 0.557. The van der Waals surface area contributed by atoms with Gasteiger partial charge in [-0.3, -0.25) is 0 Å². The maximum absolute atomic E-state index is 10.5. The summed E-state index contributed by atoms with van der Waals surface area (Å²) in [6.45, 7) is 0. The molecule has 5 nitrogen and oxygen atoms in total. The molecule has 0 saturated heterocycles. The molecule has 202 valence electrons. The van der Waals surface area contributed by atoms with E-state index in [0.717, 1.165) is 66.1 Å². The van der Waals surface area contributed by atoms with E-state index in [2.05, 4.69) is 69.8 Å². The molecular formula is C39H21N5. The molecule has 0 unspecified atom stereocenters. The molecule has 0 amide bonds. The number of aromatic nitrogens is 2. The second kappa shape index (κ2) is 9.74. The Morgan fingerprint density at radius 1 is 0.409 bits per heavy atom. The van der Waals surface area contributed by atoms with Gasteiger partial charge in [0.2, 0.25) is 0 Å². The first-order valence-corrected chi connectivity index (χ1v) is 14.2. The van der Waals surface area contributed by atoms with E-state index in [0.29, 0.717) is 16.7 Å². The summed E-state index contributed by atoms with van der Waals surface area (Å²) < 4.78 is 4.42. The Hall–Kier alpha value is -6.61. The SMILES string of the molecule is N#Cc1ccc2c(c1)c1ccccc1n2-c1ccccc1-c1c(C#N)cccc1-n1c2ccccc2c2cc(C#N)ccc21. The van der Waals surface area contributed by atoms with Crippen LogP contribution < -0.4 is 0 Å². The largest absolute Gasteiger partial charge is 0.309 e. The summed E-state index contributed by atoms with van der Waals surface area (Å²) in [5.74, 6) is 0. The van der Waals surface area contributed by atoms with Crippen molar-refractivity contribution >= 4 is 43.6 Å². The highest BCUT2D eigenvalue weighted by Crippen LogP contribution is 2.42. The van der Waals surface area contributed by atoms with Gasteiger partial charge in [-0.2, -0.15) is 15.8 Å². The zero-order valence-electron chi connectivity index (χ0n) is 23.4. The third-order valence-electron chi connectivity index (χ3n) is 8.42. The van der Waals surface area contributed by atoms with Crippen LogP contribution in [0, 0.1) is 34.0 Å². The van der Waals surface area contributed by atoms with Crippen molar-refractivity contribution in [3.8, 4) is 40.7 Å². The van der Waals surface area contributed by atoms with Crippen LogP contribution in [-0.2, 0) is 0 Å². The molecule has 2 heterocycles. The lowest BCUT2D eigenvalue weighted by molar-refractivity contribution is 1.16. The number of rotatable bonds is 3. The molecule has 0 aliphatic rings. The third-order valence-corrected chi connectivity index (χ3v) is 8.42. The Bertz CT molecular complexity index is 2600. The minimum Gasteiger partial charge on any atom is -0.309 e. The Morgan fingerprint density at radius 2 is 0.909 bits per heavy atom. The Labute approximate surface area is 252 Å². The molecular weight excluding hydrogens is 538 g/mol. The highest BCUT2D eigenvalue weighted by atomic mass is 15.0. The zero-order valence-corrected chi connectivity index (χ0v) is 23.4. The molecule has 8 aromatic rings. The van der Waals surface area contributed by atoms with Gasteiger partial charge in [-0.25, -0.2) is 0 Å². The van der Waals surface area contributed by atoms with E-state index >= 15 is 0 Å². The predicted octanol–water partition coefficient (Wildman–Crippen LogP) is 9.16. The van der Waals surface area contributed by atoms with Gasteiger partial charge in [0.25, 0.3) is 0 Å². The van der Waals surface area contributed by atoms with Gasteiger partial charge in [-0.1, -0.05) is 60.7 Å². The van der Waals surface area contributed by atoms with E-state index < -0.39 is 0 Å². The molecule has 5 heteroatoms. The lowest BCUT2D eigenvalue weighted by Gasteiger charge is -2.19. The van der Waals surface area contributed by atoms with Gasteiger partial charge >= 0.3 is 0 Å². The van der Waals surface area contributed by atoms with E-state index in [1.807, 2.05) is 84.9 Å². The van der Waals surface area contributed by atoms with Gasteiger partial charge < -0.3 is 9.13 Å². The number of fused-ring (bicyclic) bond motifs is 6. The Balaban J connectivity index is 1.50. The molecule has 0 fully saturated rings. The lowest BCUT2D eigenvalue weighted by Crippen LogP contribution is -2.03. The summed E-state index contributed by atoms with van der Waals surface area (Å²) in [5, 5.41) is 33.8. The van der Waals surface area contributed by atoms with Crippen LogP contribution in [0.25, 0.3) is 66.1 Å². The quantitative estimate of drug-likeness (QED) is 0.216. The number of hydrogen-bond acceptors (Lipinski definition) is 3. The van der Waals surface area contributed by atoms with Crippen molar-refractivity contribution in [1.29, 1.82) is 15.8 Å². The average Bonchev–Trinajstić information content (AvgIpc) is 3.59. The number of benzene rings is 6. The zero-order chi connectivity index (χ0) is 29.8. The summed E-state index contributed by atoms with van der Waals surface area (Å²) in [6, 6.07) is 49.0. The van der Waals surface area contributed by atoms with Crippen molar-refractivity contribution in [2.75, 3.05) is 0 Å². The Morgan fingerprint density at radius 3 is 1.50 bits per heavy atom. The summed E-state index contributed by atoms with van der Waals surface area (Å²) in [5.41, 5.74) is 9.24. The normalized spacial score (nSPS) is 11.1. The molecule has 0 spiro atoms. The number of nitrogens with zero attached hydrogens (tertiary/aromatic N) is 5. The summed E-state index contributed by atoms with van der Waals surface area (Å²) in [4.78, 5) is 0. The monoisotopic (exact) mass is 559 g/mol. The van der Waals surface area contributed by atoms with Crippen molar-refractivity contribution in [2.45, 2.75) is 0 Å². The maximum Gasteiger partial charge on any atom is 0.0998 e. The number of nitriles is 3. The van der Waals surface area contributed by atoms with Gasteiger partial charge in [0.15, 0.2) is 0 Å². The van der Waals surface area contributed by atoms with E-state index in [-0.39, 0.29) is 0 Å². The lowest BCUT2D eigenvalue weighted by atomic mass is 9.96. The second-order valence-electron chi connectivity index (χ2n) is 10.7. The molecule has 0 aliphatic heterocycles. The molecule has 0 atom stereocenters. The molecule has 0 aliphatic carbocycles. The fraction of sp³-hybridized carbons (Fsp3) is 0. The summed E-state index contributed by atoms with van der Waals surface area (Å²) in [7, 11) is 0. The fourth-order valence-electron chi connectivity index (χ4n) is 6.59. The number of para-hydroxylation sites is 3. The van der Waals surface area contributed by atoms with Gasteiger partial charge in [0.05, 0.1) is 68.3 Å². The van der Waals surface area contributed by atoms with Gasteiger partial charge in [0, 0.05) is 32.7 Å². The van der Waals surface area contributed by atoms with Crippen LogP contribution in [0.1, 0.15) is 16.7 Å². The van der Waals surface area contributed by atoms with Crippen molar-refractivity contribution in [3.63, 3.8) is 0 Å². The van der Waals surface area contributed by atoms with Crippen LogP contribution in [0.2, 0.25) is 0 Å². The molecule has 2 aromatic heterocycles. The van der Waals surface area contributed by atoms with Crippen LogP contribution >= 0.6 is 0 Å². The van der Waals surface area contributed by atoms with Crippen molar-refractivity contribution in [3.05, 3.63) is 144 Å². The van der Waals surface area contributed by atoms with Crippen LogP contribution in [0.15, 0.2) is 127 Å². The first-order chi connectivity index (χ1) is 21.7. The number of hydrogen-bond donors (Lipinski definition) is 0. The van der Waals surface area contributed by atoms with E-state index in [1.165, 1.54) is 0 Å². The van der Waals surface area contributed by atoms with Crippen LogP contribution in [0.3, 0.4) is 0 Å². The smallest absolute Gasteiger partial charge is 0.0998 e. The first kappa shape index (κ1) is 25.1. The fourth-order valence-corrected chi connectivity index (χ4v) is 6.59. The van der Waals surface area contributed by atoms with Crippen LogP contribution in [-0.4, -0.2) is 9.13 Å². The highest BCUT2D eigenvalue weighted by Gasteiger charge is 2.22. The van der Waals surface area contributed by atoms with Crippen molar-refractivity contribution < 1.29 is 0 Å². The standard InChI is InChI=1S/C39H21N5/c40-22-25-16-18-36-31(20-25)28-9-1-4-12-33(28)43(36)35-14-6-3-11-30(35)39-27(24-42)8-7-15-38(39)44-34-13-5-2-10-29(34)32-21-26(23-41)17-19-37(32)44/h1-21H. The predicted molar refractivity (Wildman–Crippen MR) is 175 cm³/mol. The molecule has 0 N–H and O–H groups in total. The third kappa shape index (κ3) is 3.56. The second-order valence-corrected chi connectivity index (χ2v) is 10.7. The molecule has 6 aromatic carbocycles. The van der Waals surface area contributed by atoms with Gasteiger partial charge in [0.1, 0.15) is 0 Å². The van der Waals surface area contributed by atoms with Crippen molar-refractivity contribution in [1.82, 2.24) is 9.13 Å². The van der Waals surface area contributed by atoms with E-state index in [4.69, 9.17) is 0 Å². The molecule has 0 saturated carbocycles. The Kier molecular flexibility index (Phi) is 5.56. The topological polar surface area (TPSA) is 81.2 Å². The molecule has 0 bridgehead atoms. The van der Waals surface area contributed by atoms with Crippen molar-refractivity contribution in [2.24, 2.45) is 0 Å². The van der Waals surface area contributed by atoms with Gasteiger partial charge in [-0.05, 0) is 66.7 Å². The first-order valence-electron chi connectivity index (χ1n) is 14.2. The van der Waals surface area contributed by atoms with Crippen LogP contribution in [0.4, 0.5) is 0 Å². The summed E-state index contributed by atoms with van der Waals surface area (Å²) >= 11 is 0. The average molecular weight is 560 g/mol. The van der Waals surface area contributed by atoms with Gasteiger partial charge in [-0.15, -0.1) is 0 Å². The summed E-state index contributed by atoms with van der Waals surface area (Å²) in [6.07, 6.45) is 0.